The van der Waals surface area contributed by atoms with Gasteiger partial charge in [-0.25, -0.2) is 13.8 Å². The molecule has 1 fully saturated rings. The van der Waals surface area contributed by atoms with Gasteiger partial charge in [0.2, 0.25) is 5.82 Å². The third-order valence-corrected chi connectivity index (χ3v) is 6.12. The Bertz CT molecular complexity index is 1250. The van der Waals surface area contributed by atoms with E-state index in [0.717, 1.165) is 17.0 Å². The van der Waals surface area contributed by atoms with E-state index in [4.69, 9.17) is 11.6 Å². The number of carbonyl (C=O) groups excluding carboxylic acids is 1. The molecule has 0 bridgehead atoms. The van der Waals surface area contributed by atoms with E-state index in [1.807, 2.05) is 0 Å². The predicted octanol–water partition coefficient (Wildman–Crippen LogP) is 4.54. The van der Waals surface area contributed by atoms with Gasteiger partial charge in [-0.1, -0.05) is 18.5 Å². The van der Waals surface area contributed by atoms with Crippen molar-refractivity contribution in [3.05, 3.63) is 52.7 Å². The summed E-state index contributed by atoms with van der Waals surface area (Å²) in [5, 5.41) is 14.8. The van der Waals surface area contributed by atoms with Gasteiger partial charge in [-0.3, -0.25) is 4.79 Å². The molecule has 0 saturated carbocycles. The Labute approximate surface area is 207 Å². The average Bonchev–Trinajstić information content (AvgIpc) is 3.22. The maximum atomic E-state index is 14.6. The summed E-state index contributed by atoms with van der Waals surface area (Å²) in [6.07, 6.45) is -4.32. The second kappa shape index (κ2) is 9.60. The minimum Gasteiger partial charge on any atom is -0.368 e. The zero-order valence-electron chi connectivity index (χ0n) is 19.1. The normalized spacial score (nSPS) is 19.8. The van der Waals surface area contributed by atoms with Gasteiger partial charge in [0, 0.05) is 29.7 Å². The lowest BCUT2D eigenvalue weighted by atomic mass is 9.87. The molecule has 3 aromatic rings. The molecular formula is C22H21ClF5N7O. The molecular weight excluding hydrogens is 509 g/mol. The van der Waals surface area contributed by atoms with Crippen LogP contribution < -0.4 is 5.32 Å². The van der Waals surface area contributed by atoms with E-state index in [1.165, 1.54) is 30.0 Å². The lowest BCUT2D eigenvalue weighted by molar-refractivity contribution is -0.137. The van der Waals surface area contributed by atoms with Gasteiger partial charge in [0.05, 0.1) is 30.8 Å². The number of hydrogen-bond donors (Lipinski definition) is 1. The summed E-state index contributed by atoms with van der Waals surface area (Å²) in [5.74, 6) is -4.25. The first-order chi connectivity index (χ1) is 16.8. The molecule has 36 heavy (non-hydrogen) atoms. The number of nitrogens with zero attached hydrogens (tertiary/aromatic N) is 6. The molecule has 2 atom stereocenters. The van der Waals surface area contributed by atoms with Crippen molar-refractivity contribution in [3.63, 3.8) is 0 Å². The molecule has 1 amide bonds. The molecule has 1 aliphatic heterocycles. The van der Waals surface area contributed by atoms with Crippen molar-refractivity contribution in [1.29, 1.82) is 0 Å². The maximum Gasteiger partial charge on any atom is 0.417 e. The van der Waals surface area contributed by atoms with Gasteiger partial charge in [0.15, 0.2) is 0 Å². The third kappa shape index (κ3) is 5.55. The first-order valence-corrected chi connectivity index (χ1v) is 11.2. The first kappa shape index (κ1) is 25.7. The maximum absolute atomic E-state index is 14.6. The molecule has 192 valence electrons. The molecule has 14 heteroatoms. The Morgan fingerprint density at radius 1 is 1.25 bits per heavy atom. The summed E-state index contributed by atoms with van der Waals surface area (Å²) in [7, 11) is 1.54. The monoisotopic (exact) mass is 529 g/mol. The molecule has 1 aliphatic rings. The lowest BCUT2D eigenvalue weighted by Crippen LogP contribution is -2.57. The number of rotatable bonds is 5. The zero-order valence-corrected chi connectivity index (χ0v) is 19.9. The van der Waals surface area contributed by atoms with Crippen LogP contribution in [0.2, 0.25) is 5.02 Å². The summed E-state index contributed by atoms with van der Waals surface area (Å²) in [4.78, 5) is 19.6. The fraction of sp³-hybridized carbons (Fsp3) is 0.409. The fourth-order valence-electron chi connectivity index (χ4n) is 4.19. The standard InChI is InChI=1S/C22H21ClF5N7O/c1-12-8-21(24,25)11-35(17(12)10-30-18-6-3-13(9-29-18)22(26,27)28)20(36)16-7-14(23)4-5-15(16)19-31-33-34(2)32-19/h3-7,9,12,17H,8,10-11H2,1-2H3,(H,29,30). The molecule has 0 spiro atoms. The second-order valence-electron chi connectivity index (χ2n) is 8.64. The van der Waals surface area contributed by atoms with E-state index in [-0.39, 0.29) is 34.3 Å². The van der Waals surface area contributed by atoms with Crippen LogP contribution in [-0.2, 0) is 13.2 Å². The largest absolute Gasteiger partial charge is 0.417 e. The van der Waals surface area contributed by atoms with Crippen molar-refractivity contribution >= 4 is 23.3 Å². The molecule has 4 rings (SSSR count). The number of benzene rings is 1. The molecule has 3 heterocycles. The van der Waals surface area contributed by atoms with Crippen LogP contribution in [-0.4, -0.2) is 61.1 Å². The van der Waals surface area contributed by atoms with Crippen molar-refractivity contribution in [1.82, 2.24) is 30.1 Å². The number of tetrazole rings is 1. The number of halogens is 6. The second-order valence-corrected chi connectivity index (χ2v) is 9.08. The van der Waals surface area contributed by atoms with Gasteiger partial charge in [0.25, 0.3) is 11.8 Å². The Kier molecular flexibility index (Phi) is 6.86. The fourth-order valence-corrected chi connectivity index (χ4v) is 4.36. The van der Waals surface area contributed by atoms with Crippen LogP contribution in [0.15, 0.2) is 36.5 Å². The number of aromatic nitrogens is 5. The van der Waals surface area contributed by atoms with Gasteiger partial charge in [-0.2, -0.15) is 18.0 Å². The Morgan fingerprint density at radius 2 is 2.00 bits per heavy atom. The van der Waals surface area contributed by atoms with Gasteiger partial charge >= 0.3 is 6.18 Å². The topological polar surface area (TPSA) is 88.8 Å². The van der Waals surface area contributed by atoms with E-state index >= 15 is 0 Å². The van der Waals surface area contributed by atoms with Crippen LogP contribution in [0.25, 0.3) is 11.4 Å². The van der Waals surface area contributed by atoms with E-state index in [0.29, 0.717) is 6.20 Å². The van der Waals surface area contributed by atoms with Crippen LogP contribution in [0.5, 0.6) is 0 Å². The number of carbonyl (C=O) groups is 1. The van der Waals surface area contributed by atoms with Crippen molar-refractivity contribution in [2.45, 2.75) is 31.5 Å². The zero-order chi connectivity index (χ0) is 26.3. The van der Waals surface area contributed by atoms with Gasteiger partial charge < -0.3 is 10.2 Å². The van der Waals surface area contributed by atoms with Crippen molar-refractivity contribution in [2.75, 3.05) is 18.4 Å². The highest BCUT2D eigenvalue weighted by atomic mass is 35.5. The highest BCUT2D eigenvalue weighted by Crippen LogP contribution is 2.37. The highest BCUT2D eigenvalue weighted by molar-refractivity contribution is 6.31. The number of pyridine rings is 1. The molecule has 8 nitrogen and oxygen atoms in total. The van der Waals surface area contributed by atoms with Crippen LogP contribution in [0.1, 0.15) is 29.3 Å². The van der Waals surface area contributed by atoms with E-state index in [2.05, 4.69) is 25.7 Å². The number of nitrogens with one attached hydrogen (secondary N) is 1. The summed E-state index contributed by atoms with van der Waals surface area (Å²) in [6.45, 7) is 0.729. The average molecular weight is 530 g/mol. The molecule has 2 aromatic heterocycles. The molecule has 1 saturated heterocycles. The van der Waals surface area contributed by atoms with Gasteiger partial charge in [-0.05, 0) is 41.5 Å². The van der Waals surface area contributed by atoms with Crippen molar-refractivity contribution in [3.8, 4) is 11.4 Å². The third-order valence-electron chi connectivity index (χ3n) is 5.88. The van der Waals surface area contributed by atoms with Crippen molar-refractivity contribution in [2.24, 2.45) is 13.0 Å². The Morgan fingerprint density at radius 3 is 2.61 bits per heavy atom. The molecule has 1 N–H and O–H groups in total. The number of piperidine rings is 1. The highest BCUT2D eigenvalue weighted by Gasteiger charge is 2.46. The van der Waals surface area contributed by atoms with Crippen LogP contribution in [0, 0.1) is 5.92 Å². The molecule has 0 aliphatic carbocycles. The number of amides is 1. The Balaban J connectivity index is 1.63. The SMILES string of the molecule is CC1CC(F)(F)CN(C(=O)c2cc(Cl)ccc2-c2nnn(C)n2)C1CNc1ccc(C(F)(F)F)cn1. The number of likely N-dealkylation sites (tertiary alicyclic amines) is 1. The van der Waals surface area contributed by atoms with Crippen LogP contribution >= 0.6 is 11.6 Å². The number of hydrogen-bond acceptors (Lipinski definition) is 6. The summed E-state index contributed by atoms with van der Waals surface area (Å²) in [6, 6.07) is 5.68. The van der Waals surface area contributed by atoms with Gasteiger partial charge in [-0.15, -0.1) is 10.2 Å². The van der Waals surface area contributed by atoms with E-state index in [9.17, 15) is 26.7 Å². The summed E-state index contributed by atoms with van der Waals surface area (Å²) in [5.41, 5.74) is -0.616. The summed E-state index contributed by atoms with van der Waals surface area (Å²) >= 11 is 6.12. The molecule has 0 radical (unpaired) electrons. The van der Waals surface area contributed by atoms with Crippen molar-refractivity contribution < 1.29 is 26.7 Å². The van der Waals surface area contributed by atoms with E-state index in [1.54, 1.807) is 6.92 Å². The number of aryl methyl sites for hydroxylation is 1. The van der Waals surface area contributed by atoms with Crippen LogP contribution in [0.4, 0.5) is 27.8 Å². The smallest absolute Gasteiger partial charge is 0.368 e. The minimum absolute atomic E-state index is 0.0133. The number of anilines is 1. The summed E-state index contributed by atoms with van der Waals surface area (Å²) < 4.78 is 67.6. The molecule has 1 aromatic carbocycles. The lowest BCUT2D eigenvalue weighted by Gasteiger charge is -2.43. The van der Waals surface area contributed by atoms with E-state index < -0.39 is 48.5 Å². The number of alkyl halides is 5. The predicted molar refractivity (Wildman–Crippen MR) is 121 cm³/mol. The quantitative estimate of drug-likeness (QED) is 0.488. The van der Waals surface area contributed by atoms with Crippen LogP contribution in [0.3, 0.4) is 0 Å². The first-order valence-electron chi connectivity index (χ1n) is 10.8. The Hall–Kier alpha value is -3.35. The minimum atomic E-state index is -4.54. The van der Waals surface area contributed by atoms with Gasteiger partial charge in [0.1, 0.15) is 5.82 Å². The molecule has 2 unspecified atom stereocenters.